The van der Waals surface area contributed by atoms with Gasteiger partial charge < -0.3 is 4.42 Å². The summed E-state index contributed by atoms with van der Waals surface area (Å²) in [6, 6.07) is 8.03. The van der Waals surface area contributed by atoms with Gasteiger partial charge in [0, 0.05) is 0 Å². The van der Waals surface area contributed by atoms with Crippen molar-refractivity contribution in [3.63, 3.8) is 0 Å². The monoisotopic (exact) mass is 228 g/mol. The maximum atomic E-state index is 11.0. The summed E-state index contributed by atoms with van der Waals surface area (Å²) in [5, 5.41) is 9.19. The van der Waals surface area contributed by atoms with Crippen LogP contribution in [0.2, 0.25) is 0 Å². The first-order valence-corrected chi connectivity index (χ1v) is 5.74. The lowest BCUT2D eigenvalue weighted by Gasteiger charge is -2.35. The first kappa shape index (κ1) is 10.2. The standard InChI is InChI=1S/C13H12N2O2/c14-8-13(4-1-5-13)7-9-2-3-11-10(6-9)15-12(16)17-11/h2-3,6H,1,4-5,7H2,(H,15,16). The molecule has 1 aliphatic rings. The van der Waals surface area contributed by atoms with Gasteiger partial charge in [0.25, 0.3) is 0 Å². The third-order valence-corrected chi connectivity index (χ3v) is 3.57. The molecule has 0 atom stereocenters. The molecule has 1 heterocycles. The summed E-state index contributed by atoms with van der Waals surface area (Å²) < 4.78 is 4.94. The van der Waals surface area contributed by atoms with E-state index in [2.05, 4.69) is 11.1 Å². The van der Waals surface area contributed by atoms with Crippen molar-refractivity contribution in [2.24, 2.45) is 5.41 Å². The fourth-order valence-electron chi connectivity index (χ4n) is 2.43. The van der Waals surface area contributed by atoms with Gasteiger partial charge in [-0.05, 0) is 37.0 Å². The zero-order chi connectivity index (χ0) is 11.9. The third-order valence-electron chi connectivity index (χ3n) is 3.57. The smallest absolute Gasteiger partial charge is 0.408 e. The van der Waals surface area contributed by atoms with Crippen LogP contribution < -0.4 is 5.76 Å². The SMILES string of the molecule is N#CC1(Cc2ccc3oc(=O)[nH]c3c2)CCC1. The van der Waals surface area contributed by atoms with Crippen LogP contribution in [0.4, 0.5) is 0 Å². The molecule has 1 aromatic carbocycles. The quantitative estimate of drug-likeness (QED) is 0.857. The lowest BCUT2D eigenvalue weighted by atomic mass is 9.66. The molecule has 1 fully saturated rings. The van der Waals surface area contributed by atoms with Crippen molar-refractivity contribution < 1.29 is 4.42 Å². The van der Waals surface area contributed by atoms with E-state index in [1.54, 1.807) is 6.07 Å². The van der Waals surface area contributed by atoms with Crippen molar-refractivity contribution in [2.45, 2.75) is 25.7 Å². The van der Waals surface area contributed by atoms with Crippen LogP contribution >= 0.6 is 0 Å². The normalized spacial score (nSPS) is 17.6. The van der Waals surface area contributed by atoms with Crippen LogP contribution in [0.5, 0.6) is 0 Å². The van der Waals surface area contributed by atoms with Crippen molar-refractivity contribution in [3.05, 3.63) is 34.3 Å². The Kier molecular flexibility index (Phi) is 2.08. The summed E-state index contributed by atoms with van der Waals surface area (Å²) in [6.07, 6.45) is 3.85. The van der Waals surface area contributed by atoms with Gasteiger partial charge in [-0.3, -0.25) is 4.98 Å². The van der Waals surface area contributed by atoms with Gasteiger partial charge >= 0.3 is 5.76 Å². The Labute approximate surface area is 97.9 Å². The Morgan fingerprint density at radius 2 is 2.29 bits per heavy atom. The molecule has 2 aromatic rings. The van der Waals surface area contributed by atoms with Gasteiger partial charge in [-0.1, -0.05) is 12.5 Å². The Bertz CT molecular complexity index is 656. The highest BCUT2D eigenvalue weighted by atomic mass is 16.4. The van der Waals surface area contributed by atoms with E-state index in [1.807, 2.05) is 12.1 Å². The molecule has 1 aromatic heterocycles. The highest BCUT2D eigenvalue weighted by Gasteiger charge is 2.37. The summed E-state index contributed by atoms with van der Waals surface area (Å²) in [7, 11) is 0. The fraction of sp³-hybridized carbons (Fsp3) is 0.385. The number of fused-ring (bicyclic) bond motifs is 1. The van der Waals surface area contributed by atoms with Crippen molar-refractivity contribution in [3.8, 4) is 6.07 Å². The number of rotatable bonds is 2. The number of hydrogen-bond donors (Lipinski definition) is 1. The van der Waals surface area contributed by atoms with Crippen LogP contribution in [0.1, 0.15) is 24.8 Å². The molecule has 1 saturated carbocycles. The van der Waals surface area contributed by atoms with Crippen molar-refractivity contribution in [2.75, 3.05) is 0 Å². The number of hydrogen-bond acceptors (Lipinski definition) is 3. The van der Waals surface area contributed by atoms with E-state index < -0.39 is 5.76 Å². The molecular weight excluding hydrogens is 216 g/mol. The molecule has 1 N–H and O–H groups in total. The van der Waals surface area contributed by atoms with E-state index in [4.69, 9.17) is 4.42 Å². The van der Waals surface area contributed by atoms with E-state index in [1.165, 1.54) is 0 Å². The van der Waals surface area contributed by atoms with Crippen molar-refractivity contribution >= 4 is 11.1 Å². The minimum atomic E-state index is -0.434. The van der Waals surface area contributed by atoms with E-state index in [-0.39, 0.29) is 5.41 Å². The van der Waals surface area contributed by atoms with E-state index >= 15 is 0 Å². The summed E-state index contributed by atoms with van der Waals surface area (Å²) in [5.41, 5.74) is 2.17. The van der Waals surface area contributed by atoms with Crippen LogP contribution in [-0.4, -0.2) is 4.98 Å². The molecular formula is C13H12N2O2. The highest BCUT2D eigenvalue weighted by Crippen LogP contribution is 2.43. The molecule has 1 aliphatic carbocycles. The molecule has 4 nitrogen and oxygen atoms in total. The van der Waals surface area contributed by atoms with E-state index in [9.17, 15) is 10.1 Å². The van der Waals surface area contributed by atoms with E-state index in [0.29, 0.717) is 11.1 Å². The van der Waals surface area contributed by atoms with Crippen LogP contribution in [0, 0.1) is 16.7 Å². The summed E-state index contributed by atoms with van der Waals surface area (Å²) in [6.45, 7) is 0. The van der Waals surface area contributed by atoms with Crippen LogP contribution in [-0.2, 0) is 6.42 Å². The predicted octanol–water partition coefficient (Wildman–Crippen LogP) is 2.36. The van der Waals surface area contributed by atoms with Crippen LogP contribution in [0.25, 0.3) is 11.1 Å². The average Bonchev–Trinajstić information content (AvgIpc) is 2.63. The van der Waals surface area contributed by atoms with Gasteiger partial charge in [0.2, 0.25) is 0 Å². The Hall–Kier alpha value is -2.02. The fourth-order valence-corrected chi connectivity index (χ4v) is 2.43. The molecule has 0 aliphatic heterocycles. The molecule has 17 heavy (non-hydrogen) atoms. The molecule has 0 unspecified atom stereocenters. The van der Waals surface area contributed by atoms with E-state index in [0.717, 1.165) is 31.2 Å². The first-order chi connectivity index (χ1) is 8.21. The Balaban J connectivity index is 1.96. The zero-order valence-corrected chi connectivity index (χ0v) is 9.32. The Morgan fingerprint density at radius 1 is 1.47 bits per heavy atom. The molecule has 3 rings (SSSR count). The molecule has 0 bridgehead atoms. The van der Waals surface area contributed by atoms with Crippen LogP contribution in [0.15, 0.2) is 27.4 Å². The van der Waals surface area contributed by atoms with Crippen molar-refractivity contribution in [1.29, 1.82) is 5.26 Å². The number of nitrogens with one attached hydrogen (secondary N) is 1. The average molecular weight is 228 g/mol. The number of nitriles is 1. The molecule has 0 radical (unpaired) electrons. The highest BCUT2D eigenvalue weighted by molar-refractivity contribution is 5.72. The molecule has 86 valence electrons. The number of oxazole rings is 1. The maximum absolute atomic E-state index is 11.0. The molecule has 0 spiro atoms. The maximum Gasteiger partial charge on any atom is 0.417 e. The third kappa shape index (κ3) is 1.64. The zero-order valence-electron chi connectivity index (χ0n) is 9.32. The predicted molar refractivity (Wildman–Crippen MR) is 62.4 cm³/mol. The number of nitrogens with zero attached hydrogens (tertiary/aromatic N) is 1. The van der Waals surface area contributed by atoms with Gasteiger partial charge in [-0.25, -0.2) is 4.79 Å². The summed E-state index contributed by atoms with van der Waals surface area (Å²) in [4.78, 5) is 13.7. The van der Waals surface area contributed by atoms with Gasteiger partial charge in [0.15, 0.2) is 5.58 Å². The molecule has 4 heteroatoms. The number of aromatic nitrogens is 1. The minimum Gasteiger partial charge on any atom is -0.408 e. The number of aromatic amines is 1. The minimum absolute atomic E-state index is 0.183. The van der Waals surface area contributed by atoms with Gasteiger partial charge in [0.05, 0.1) is 17.0 Å². The summed E-state index contributed by atoms with van der Waals surface area (Å²) >= 11 is 0. The Morgan fingerprint density at radius 3 is 2.94 bits per heavy atom. The van der Waals surface area contributed by atoms with Gasteiger partial charge in [-0.15, -0.1) is 0 Å². The van der Waals surface area contributed by atoms with Crippen molar-refractivity contribution in [1.82, 2.24) is 4.98 Å². The number of benzene rings is 1. The van der Waals surface area contributed by atoms with Crippen LogP contribution in [0.3, 0.4) is 0 Å². The number of H-pyrrole nitrogens is 1. The molecule has 0 saturated heterocycles. The lowest BCUT2D eigenvalue weighted by Crippen LogP contribution is -2.29. The summed E-state index contributed by atoms with van der Waals surface area (Å²) in [5.74, 6) is -0.434. The molecule has 0 amide bonds. The van der Waals surface area contributed by atoms with Gasteiger partial charge in [0.1, 0.15) is 0 Å². The first-order valence-electron chi connectivity index (χ1n) is 5.74. The lowest BCUT2D eigenvalue weighted by molar-refractivity contribution is 0.214. The topological polar surface area (TPSA) is 69.8 Å². The van der Waals surface area contributed by atoms with Gasteiger partial charge in [-0.2, -0.15) is 5.26 Å². The second kappa shape index (κ2) is 3.49. The largest absolute Gasteiger partial charge is 0.417 e. The second-order valence-corrected chi connectivity index (χ2v) is 4.77. The second-order valence-electron chi connectivity index (χ2n) is 4.77.